The van der Waals surface area contributed by atoms with Crippen LogP contribution in [0, 0.1) is 12.8 Å². The Kier molecular flexibility index (Phi) is 2.97. The first-order valence-electron chi connectivity index (χ1n) is 10.3. The topological polar surface area (TPSA) is 86.7 Å². The van der Waals surface area contributed by atoms with E-state index in [9.17, 15) is 10.2 Å². The van der Waals surface area contributed by atoms with Gasteiger partial charge in [0.2, 0.25) is 0 Å². The summed E-state index contributed by atoms with van der Waals surface area (Å²) < 4.78 is 17.9. The zero-order valence-corrected chi connectivity index (χ0v) is 16.0. The van der Waals surface area contributed by atoms with Gasteiger partial charge in [0.25, 0.3) is 0 Å². The molecule has 8 nitrogen and oxygen atoms in total. The van der Waals surface area contributed by atoms with Crippen LogP contribution in [-0.2, 0) is 9.47 Å². The molecule has 0 aromatic heterocycles. The van der Waals surface area contributed by atoms with Gasteiger partial charge in [0.05, 0.1) is 32.4 Å². The van der Waals surface area contributed by atoms with Crippen LogP contribution in [0.3, 0.4) is 0 Å². The van der Waals surface area contributed by atoms with Crippen molar-refractivity contribution in [2.45, 2.75) is 56.0 Å². The van der Waals surface area contributed by atoms with Gasteiger partial charge in [-0.15, -0.1) is 0 Å². The van der Waals surface area contributed by atoms with E-state index < -0.39 is 0 Å². The molecule has 2 bridgehead atoms. The normalized spacial score (nSPS) is 45.2. The lowest BCUT2D eigenvalue weighted by Crippen LogP contribution is -2.71. The third-order valence-corrected chi connectivity index (χ3v) is 8.09. The highest BCUT2D eigenvalue weighted by molar-refractivity contribution is 5.65. The van der Waals surface area contributed by atoms with Crippen molar-refractivity contribution in [3.63, 3.8) is 0 Å². The molecule has 0 radical (unpaired) electrons. The van der Waals surface area contributed by atoms with Crippen LogP contribution >= 0.6 is 0 Å². The van der Waals surface area contributed by atoms with E-state index in [-0.39, 0.29) is 48.1 Å². The van der Waals surface area contributed by atoms with Gasteiger partial charge in [-0.05, 0) is 13.3 Å². The molecule has 8 atom stereocenters. The Balaban J connectivity index is 1.54. The van der Waals surface area contributed by atoms with Crippen LogP contribution in [0.15, 0.2) is 0 Å². The van der Waals surface area contributed by atoms with Crippen LogP contribution in [-0.4, -0.2) is 77.5 Å². The van der Waals surface area contributed by atoms with Crippen molar-refractivity contribution in [1.82, 2.24) is 15.1 Å². The fourth-order valence-corrected chi connectivity index (χ4v) is 7.19. The molecule has 0 aliphatic carbocycles. The molecule has 0 unspecified atom stereocenters. The van der Waals surface area contributed by atoms with Crippen LogP contribution in [0.25, 0.3) is 0 Å². The third kappa shape index (κ3) is 1.60. The molecule has 5 saturated heterocycles. The number of rotatable bonds is 1. The number of hydrogen-bond donors (Lipinski definition) is 3. The number of piperidine rings is 1. The van der Waals surface area contributed by atoms with Crippen molar-refractivity contribution in [3.05, 3.63) is 16.7 Å². The highest BCUT2D eigenvalue weighted by atomic mass is 16.5. The molecular weight excluding hydrogens is 362 g/mol. The number of fused-ring (bicyclic) bond motifs is 8. The second kappa shape index (κ2) is 5.12. The van der Waals surface area contributed by atoms with Gasteiger partial charge in [0, 0.05) is 47.3 Å². The van der Waals surface area contributed by atoms with E-state index in [1.165, 1.54) is 7.11 Å². The Labute approximate surface area is 163 Å². The van der Waals surface area contributed by atoms with Gasteiger partial charge in [-0.2, -0.15) is 0 Å². The maximum atomic E-state index is 11.3. The number of phenolic OH excluding ortho intramolecular Hbond substituents is 2. The summed E-state index contributed by atoms with van der Waals surface area (Å²) in [7, 11) is 1.54. The standard InChI is InChI=1S/C20H25N3O5/c1-7-16(24)12-11(17(25)18(7)26-2)10-6-28-20-9-5-8-13(21-9)15(23(10)20)14(12)22-3-4-27-19(8)22/h8-10,13-15,19-21,24-25H,3-6H2,1-2H3/t8-,9-,10-,13+,14+,15+,19+,20-/m0/s1. The first-order valence-corrected chi connectivity index (χ1v) is 10.3. The molecule has 6 heterocycles. The smallest absolute Gasteiger partial charge is 0.167 e. The number of aromatic hydroxyl groups is 2. The average molecular weight is 387 g/mol. The molecule has 6 aliphatic rings. The van der Waals surface area contributed by atoms with E-state index in [2.05, 4.69) is 15.1 Å². The van der Waals surface area contributed by atoms with Gasteiger partial charge in [-0.1, -0.05) is 0 Å². The first-order chi connectivity index (χ1) is 13.6. The van der Waals surface area contributed by atoms with Crippen molar-refractivity contribution < 1.29 is 24.4 Å². The molecular formula is C20H25N3O5. The van der Waals surface area contributed by atoms with Crippen molar-refractivity contribution in [2.75, 3.05) is 26.9 Å². The van der Waals surface area contributed by atoms with Gasteiger partial charge in [0.1, 0.15) is 18.2 Å². The minimum Gasteiger partial charge on any atom is -0.507 e. The fourth-order valence-electron chi connectivity index (χ4n) is 7.19. The number of hydrogen-bond acceptors (Lipinski definition) is 8. The Hall–Kier alpha value is -1.58. The summed E-state index contributed by atoms with van der Waals surface area (Å²) in [6, 6.07) is 0.696. The summed E-state index contributed by atoms with van der Waals surface area (Å²) in [5, 5.41) is 26.3. The highest BCUT2D eigenvalue weighted by Gasteiger charge is 2.67. The summed E-state index contributed by atoms with van der Waals surface area (Å²) in [6.07, 6.45) is 1.09. The van der Waals surface area contributed by atoms with E-state index in [0.29, 0.717) is 36.5 Å². The largest absolute Gasteiger partial charge is 0.507 e. The predicted molar refractivity (Wildman–Crippen MR) is 97.2 cm³/mol. The quantitative estimate of drug-likeness (QED) is 0.603. The first kappa shape index (κ1) is 16.2. The number of piperazine rings is 1. The fraction of sp³-hybridized carbons (Fsp3) is 0.700. The van der Waals surface area contributed by atoms with Crippen LogP contribution in [0.5, 0.6) is 17.2 Å². The van der Waals surface area contributed by atoms with Gasteiger partial charge < -0.3 is 29.7 Å². The van der Waals surface area contributed by atoms with E-state index in [1.54, 1.807) is 0 Å². The second-order valence-electron chi connectivity index (χ2n) is 9.00. The maximum absolute atomic E-state index is 11.3. The van der Waals surface area contributed by atoms with Gasteiger partial charge >= 0.3 is 0 Å². The van der Waals surface area contributed by atoms with Gasteiger partial charge in [-0.3, -0.25) is 9.80 Å². The number of phenols is 2. The monoisotopic (exact) mass is 387 g/mol. The predicted octanol–water partition coefficient (Wildman–Crippen LogP) is 0.570. The summed E-state index contributed by atoms with van der Waals surface area (Å²) in [4.78, 5) is 4.89. The molecule has 8 heteroatoms. The van der Waals surface area contributed by atoms with E-state index in [1.807, 2.05) is 6.92 Å². The number of nitrogens with zero attached hydrogens (tertiary/aromatic N) is 2. The Morgan fingerprint density at radius 1 is 1.14 bits per heavy atom. The molecule has 7 rings (SSSR count). The summed E-state index contributed by atoms with van der Waals surface area (Å²) in [5.74, 6) is 1.17. The van der Waals surface area contributed by atoms with E-state index in [0.717, 1.165) is 24.1 Å². The lowest BCUT2D eigenvalue weighted by Gasteiger charge is -2.57. The molecule has 28 heavy (non-hydrogen) atoms. The number of methoxy groups -OCH3 is 1. The maximum Gasteiger partial charge on any atom is 0.167 e. The molecule has 3 N–H and O–H groups in total. The second-order valence-corrected chi connectivity index (χ2v) is 9.00. The third-order valence-electron chi connectivity index (χ3n) is 8.09. The number of ether oxygens (including phenoxy) is 3. The number of nitrogens with one attached hydrogen (secondary N) is 1. The molecule has 1 aromatic rings. The summed E-state index contributed by atoms with van der Waals surface area (Å²) in [5.41, 5.74) is 2.20. The highest BCUT2D eigenvalue weighted by Crippen LogP contribution is 2.62. The molecule has 6 aliphatic heterocycles. The van der Waals surface area contributed by atoms with Crippen LogP contribution in [0.4, 0.5) is 0 Å². The zero-order chi connectivity index (χ0) is 18.9. The lowest BCUT2D eigenvalue weighted by molar-refractivity contribution is -0.132. The van der Waals surface area contributed by atoms with Gasteiger partial charge in [-0.25, -0.2) is 0 Å². The Morgan fingerprint density at radius 3 is 2.82 bits per heavy atom. The molecule has 5 fully saturated rings. The van der Waals surface area contributed by atoms with Gasteiger partial charge in [0.15, 0.2) is 11.5 Å². The Morgan fingerprint density at radius 2 is 2.00 bits per heavy atom. The van der Waals surface area contributed by atoms with Crippen molar-refractivity contribution in [3.8, 4) is 17.2 Å². The van der Waals surface area contributed by atoms with E-state index in [4.69, 9.17) is 14.2 Å². The van der Waals surface area contributed by atoms with E-state index >= 15 is 0 Å². The summed E-state index contributed by atoms with van der Waals surface area (Å²) in [6.45, 7) is 3.88. The molecule has 0 saturated carbocycles. The molecule has 150 valence electrons. The van der Waals surface area contributed by atoms with Crippen molar-refractivity contribution in [1.29, 1.82) is 0 Å². The SMILES string of the molecule is COc1c(C)c(O)c2c(c1O)[C@@H]1CO[C@H]3[C@@H]4C[C@H]5[C@@H](N4)[C@H]([C@@H]2N2CCO[C@H]52)N13. The average Bonchev–Trinajstić information content (AvgIpc) is 3.40. The lowest BCUT2D eigenvalue weighted by atomic mass is 9.73. The van der Waals surface area contributed by atoms with Crippen LogP contribution in [0.2, 0.25) is 0 Å². The number of benzene rings is 1. The zero-order valence-electron chi connectivity index (χ0n) is 16.0. The molecule has 1 aromatic carbocycles. The van der Waals surface area contributed by atoms with Crippen LogP contribution < -0.4 is 10.1 Å². The molecule has 0 amide bonds. The summed E-state index contributed by atoms with van der Waals surface area (Å²) >= 11 is 0. The van der Waals surface area contributed by atoms with Crippen molar-refractivity contribution in [2.24, 2.45) is 5.92 Å². The minimum absolute atomic E-state index is 0.000711. The van der Waals surface area contributed by atoms with Crippen molar-refractivity contribution >= 4 is 0 Å². The minimum atomic E-state index is -0.0624. The Bertz CT molecular complexity index is 893. The molecule has 0 spiro atoms. The van der Waals surface area contributed by atoms with Crippen LogP contribution in [0.1, 0.15) is 35.2 Å².